The first-order valence-electron chi connectivity index (χ1n) is 14.8. The van der Waals surface area contributed by atoms with Gasteiger partial charge in [0, 0.05) is 23.5 Å². The number of nitrogens with one attached hydrogen (secondary N) is 1. The highest BCUT2D eigenvalue weighted by Gasteiger charge is 2.35. The van der Waals surface area contributed by atoms with Gasteiger partial charge in [-0.25, -0.2) is 8.42 Å². The van der Waals surface area contributed by atoms with E-state index in [1.165, 1.54) is 17.0 Å². The van der Waals surface area contributed by atoms with Crippen LogP contribution in [0.3, 0.4) is 0 Å². The summed E-state index contributed by atoms with van der Waals surface area (Å²) in [6.07, 6.45) is 0.238. The van der Waals surface area contributed by atoms with Gasteiger partial charge in [0.2, 0.25) is 11.8 Å². The molecule has 1 atom stereocenters. The monoisotopic (exact) mass is 645 g/mol. The number of nitrogens with zero attached hydrogens (tertiary/aromatic N) is 2. The summed E-state index contributed by atoms with van der Waals surface area (Å²) in [6, 6.07) is 29.3. The lowest BCUT2D eigenvalue weighted by atomic mass is 10.0. The van der Waals surface area contributed by atoms with Gasteiger partial charge in [0.25, 0.3) is 10.0 Å². The molecule has 0 aliphatic carbocycles. The number of carbonyl (C=O) groups is 2. The van der Waals surface area contributed by atoms with Gasteiger partial charge in [0.05, 0.1) is 10.6 Å². The predicted octanol–water partition coefficient (Wildman–Crippen LogP) is 6.71. The van der Waals surface area contributed by atoms with Crippen molar-refractivity contribution in [3.63, 3.8) is 0 Å². The van der Waals surface area contributed by atoms with Crippen molar-refractivity contribution in [1.29, 1.82) is 0 Å². The van der Waals surface area contributed by atoms with E-state index in [1.807, 2.05) is 95.3 Å². The van der Waals surface area contributed by atoms with E-state index in [-0.39, 0.29) is 29.5 Å². The molecule has 7 nitrogen and oxygen atoms in total. The Hall–Kier alpha value is -4.14. The summed E-state index contributed by atoms with van der Waals surface area (Å²) in [4.78, 5) is 30.0. The summed E-state index contributed by atoms with van der Waals surface area (Å²) >= 11 is 6.46. The lowest BCUT2D eigenvalue weighted by Gasteiger charge is -2.35. The van der Waals surface area contributed by atoms with E-state index in [2.05, 4.69) is 5.32 Å². The smallest absolute Gasteiger partial charge is 0.264 e. The number of rotatable bonds is 11. The zero-order chi connectivity index (χ0) is 32.8. The van der Waals surface area contributed by atoms with E-state index in [0.29, 0.717) is 5.02 Å². The van der Waals surface area contributed by atoms with Crippen molar-refractivity contribution in [1.82, 2.24) is 10.2 Å². The van der Waals surface area contributed by atoms with Gasteiger partial charge >= 0.3 is 0 Å². The molecule has 0 radical (unpaired) electrons. The Labute approximate surface area is 271 Å². The number of hydrogen-bond acceptors (Lipinski definition) is 4. The molecule has 4 aromatic rings. The molecule has 0 saturated heterocycles. The molecule has 0 spiro atoms. The average molecular weight is 646 g/mol. The molecule has 0 aromatic heterocycles. The molecule has 0 aliphatic heterocycles. The largest absolute Gasteiger partial charge is 0.350 e. The maximum absolute atomic E-state index is 14.5. The van der Waals surface area contributed by atoms with E-state index >= 15 is 0 Å². The topological polar surface area (TPSA) is 86.8 Å². The van der Waals surface area contributed by atoms with E-state index in [9.17, 15) is 18.0 Å². The molecule has 0 saturated carbocycles. The lowest BCUT2D eigenvalue weighted by Crippen LogP contribution is -2.56. The number of halogens is 1. The van der Waals surface area contributed by atoms with Crippen LogP contribution in [-0.4, -0.2) is 43.3 Å². The van der Waals surface area contributed by atoms with Gasteiger partial charge < -0.3 is 10.2 Å². The third kappa shape index (κ3) is 8.96. The summed E-state index contributed by atoms with van der Waals surface area (Å²) in [6.45, 7) is 8.88. The second kappa shape index (κ2) is 14.3. The molecule has 236 valence electrons. The van der Waals surface area contributed by atoms with Gasteiger partial charge in [0.1, 0.15) is 12.6 Å². The number of sulfonamides is 1. The average Bonchev–Trinajstić information content (AvgIpc) is 2.99. The summed E-state index contributed by atoms with van der Waals surface area (Å²) in [5, 5.41) is 3.41. The van der Waals surface area contributed by atoms with Crippen molar-refractivity contribution in [3.05, 3.63) is 130 Å². The standard InChI is InChI=1S/C36H40ClN3O4S/c1-26-16-20-31(21-17-26)45(43,44)40(30-19-18-27(2)32(37)23-30)25-34(41)39(24-29-14-10-7-11-15-29)33(35(42)38-36(3,4)5)22-28-12-8-6-9-13-28/h6-21,23,33H,22,24-25H2,1-5H3,(H,38,42)/t33-/m1/s1. The van der Waals surface area contributed by atoms with Crippen molar-refractivity contribution >= 4 is 39.1 Å². The van der Waals surface area contributed by atoms with E-state index < -0.39 is 34.1 Å². The number of hydrogen-bond donors (Lipinski definition) is 1. The number of carbonyl (C=O) groups excluding carboxylic acids is 2. The molecule has 0 heterocycles. The third-order valence-electron chi connectivity index (χ3n) is 7.30. The Morgan fingerprint density at radius 2 is 1.40 bits per heavy atom. The molecule has 4 rings (SSSR count). The van der Waals surface area contributed by atoms with Crippen LogP contribution < -0.4 is 9.62 Å². The molecule has 9 heteroatoms. The Bertz CT molecular complexity index is 1720. The van der Waals surface area contributed by atoms with Crippen LogP contribution in [0.25, 0.3) is 0 Å². The maximum Gasteiger partial charge on any atom is 0.264 e. The maximum atomic E-state index is 14.5. The van der Waals surface area contributed by atoms with Crippen molar-refractivity contribution in [2.24, 2.45) is 0 Å². The van der Waals surface area contributed by atoms with Crippen molar-refractivity contribution in [3.8, 4) is 0 Å². The Kier molecular flexibility index (Phi) is 10.7. The zero-order valence-electron chi connectivity index (χ0n) is 26.3. The molecule has 45 heavy (non-hydrogen) atoms. The van der Waals surface area contributed by atoms with E-state index in [0.717, 1.165) is 26.6 Å². The summed E-state index contributed by atoms with van der Waals surface area (Å²) in [5.41, 5.74) is 3.03. The number of amides is 2. The minimum absolute atomic E-state index is 0.0403. The zero-order valence-corrected chi connectivity index (χ0v) is 27.9. The van der Waals surface area contributed by atoms with Crippen molar-refractivity contribution < 1.29 is 18.0 Å². The van der Waals surface area contributed by atoms with Gasteiger partial charge in [-0.3, -0.25) is 13.9 Å². The minimum Gasteiger partial charge on any atom is -0.350 e. The first kappa shape index (κ1) is 33.7. The molecular weight excluding hydrogens is 606 g/mol. The summed E-state index contributed by atoms with van der Waals surface area (Å²) < 4.78 is 29.4. The Morgan fingerprint density at radius 1 is 0.822 bits per heavy atom. The molecule has 0 unspecified atom stereocenters. The molecule has 0 fully saturated rings. The number of anilines is 1. The SMILES string of the molecule is Cc1ccc(S(=O)(=O)N(CC(=O)N(Cc2ccccc2)[C@H](Cc2ccccc2)C(=O)NC(C)(C)C)c2ccc(C)c(Cl)c2)cc1. The second-order valence-electron chi connectivity index (χ2n) is 12.2. The fraction of sp³-hybridized carbons (Fsp3) is 0.278. The fourth-order valence-corrected chi connectivity index (χ4v) is 6.47. The van der Waals surface area contributed by atoms with Crippen LogP contribution >= 0.6 is 11.6 Å². The highest BCUT2D eigenvalue weighted by atomic mass is 35.5. The normalized spacial score (nSPS) is 12.3. The van der Waals surface area contributed by atoms with Gasteiger partial charge in [-0.05, 0) is 75.6 Å². The van der Waals surface area contributed by atoms with Crippen LogP contribution in [0.5, 0.6) is 0 Å². The molecule has 1 N–H and O–H groups in total. The van der Waals surface area contributed by atoms with Gasteiger partial charge in [0.15, 0.2) is 0 Å². The summed E-state index contributed by atoms with van der Waals surface area (Å²) in [7, 11) is -4.21. The first-order chi connectivity index (χ1) is 21.2. The Balaban J connectivity index is 1.82. The molecule has 4 aromatic carbocycles. The van der Waals surface area contributed by atoms with Crippen LogP contribution in [0.2, 0.25) is 5.02 Å². The molecule has 2 amide bonds. The van der Waals surface area contributed by atoms with Crippen molar-refractivity contribution in [2.45, 2.75) is 64.1 Å². The van der Waals surface area contributed by atoms with E-state index in [4.69, 9.17) is 11.6 Å². The number of benzene rings is 4. The van der Waals surface area contributed by atoms with Gasteiger partial charge in [-0.15, -0.1) is 0 Å². The van der Waals surface area contributed by atoms with Gasteiger partial charge in [-0.2, -0.15) is 0 Å². The fourth-order valence-electron chi connectivity index (χ4n) is 4.89. The molecule has 0 bridgehead atoms. The first-order valence-corrected chi connectivity index (χ1v) is 16.6. The molecule has 0 aliphatic rings. The van der Waals surface area contributed by atoms with Crippen LogP contribution in [0.15, 0.2) is 108 Å². The van der Waals surface area contributed by atoms with Crippen LogP contribution in [0.1, 0.15) is 43.0 Å². The van der Waals surface area contributed by atoms with Crippen LogP contribution in [-0.2, 0) is 32.6 Å². The highest BCUT2D eigenvalue weighted by Crippen LogP contribution is 2.29. The third-order valence-corrected chi connectivity index (χ3v) is 9.49. The Morgan fingerprint density at radius 3 is 1.96 bits per heavy atom. The van der Waals surface area contributed by atoms with Gasteiger partial charge in [-0.1, -0.05) is 96.0 Å². The predicted molar refractivity (Wildman–Crippen MR) is 181 cm³/mol. The van der Waals surface area contributed by atoms with Crippen LogP contribution in [0.4, 0.5) is 5.69 Å². The summed E-state index contributed by atoms with van der Waals surface area (Å²) in [5.74, 6) is -0.863. The molecular formula is C36H40ClN3O4S. The van der Waals surface area contributed by atoms with E-state index in [1.54, 1.807) is 30.3 Å². The number of aryl methyl sites for hydroxylation is 2. The highest BCUT2D eigenvalue weighted by molar-refractivity contribution is 7.92. The lowest BCUT2D eigenvalue weighted by molar-refractivity contribution is -0.140. The van der Waals surface area contributed by atoms with Crippen LogP contribution in [0, 0.1) is 13.8 Å². The minimum atomic E-state index is -4.21. The van der Waals surface area contributed by atoms with Crippen molar-refractivity contribution in [2.75, 3.05) is 10.8 Å². The second-order valence-corrected chi connectivity index (χ2v) is 14.5. The quantitative estimate of drug-likeness (QED) is 0.197.